The van der Waals surface area contributed by atoms with Crippen molar-refractivity contribution >= 4 is 11.8 Å². The van der Waals surface area contributed by atoms with Gasteiger partial charge >= 0.3 is 0 Å². The van der Waals surface area contributed by atoms with Gasteiger partial charge in [-0.2, -0.15) is 0 Å². The molecule has 0 fully saturated rings. The summed E-state index contributed by atoms with van der Waals surface area (Å²) in [4.78, 5) is 10.0. The van der Waals surface area contributed by atoms with Crippen molar-refractivity contribution in [3.8, 4) is 0 Å². The van der Waals surface area contributed by atoms with E-state index in [1.807, 2.05) is 18.2 Å². The van der Waals surface area contributed by atoms with Crippen LogP contribution in [-0.2, 0) is 0 Å². The van der Waals surface area contributed by atoms with Crippen LogP contribution < -0.4 is 0 Å². The monoisotopic (exact) mass is 217 g/mol. The molecule has 0 bridgehead atoms. The Morgan fingerprint density at radius 2 is 1.94 bits per heavy atom. The molecule has 1 rings (SSSR count). The summed E-state index contributed by atoms with van der Waals surface area (Å²) in [5.74, 6) is 0. The van der Waals surface area contributed by atoms with E-state index in [1.54, 1.807) is 12.1 Å². The summed E-state index contributed by atoms with van der Waals surface area (Å²) in [6, 6.07) is 6.50. The Labute approximate surface area is 95.3 Å². The number of benzene rings is 1. The number of non-ortho nitro benzene ring substituents is 1. The van der Waals surface area contributed by atoms with E-state index in [1.165, 1.54) is 12.1 Å². The second-order valence-electron chi connectivity index (χ2n) is 3.42. The quantitative estimate of drug-likeness (QED) is 0.425. The number of hydrogen-bond donors (Lipinski definition) is 0. The molecule has 0 aromatic heterocycles. The third-order valence-corrected chi connectivity index (χ3v) is 2.10. The highest BCUT2D eigenvalue weighted by atomic mass is 16.6. The minimum absolute atomic E-state index is 0.124. The zero-order valence-electron chi connectivity index (χ0n) is 9.30. The average Bonchev–Trinajstić information content (AvgIpc) is 2.29. The van der Waals surface area contributed by atoms with E-state index in [2.05, 4.69) is 13.0 Å². The average molecular weight is 217 g/mol. The van der Waals surface area contributed by atoms with Gasteiger partial charge in [-0.15, -0.1) is 0 Å². The first kappa shape index (κ1) is 12.2. The van der Waals surface area contributed by atoms with Crippen molar-refractivity contribution in [3.63, 3.8) is 0 Å². The van der Waals surface area contributed by atoms with Crippen molar-refractivity contribution in [1.29, 1.82) is 0 Å². The Bertz CT molecular complexity index is 391. The summed E-state index contributed by atoms with van der Waals surface area (Å²) in [5, 5.41) is 10.4. The van der Waals surface area contributed by atoms with Gasteiger partial charge in [0, 0.05) is 12.1 Å². The molecule has 1 aromatic rings. The molecule has 84 valence electrons. The van der Waals surface area contributed by atoms with E-state index in [0.29, 0.717) is 0 Å². The predicted octanol–water partition coefficient (Wildman–Crippen LogP) is 3.96. The smallest absolute Gasteiger partial charge is 0.258 e. The van der Waals surface area contributed by atoms with Crippen LogP contribution in [0.2, 0.25) is 0 Å². The minimum atomic E-state index is -0.394. The fourth-order valence-corrected chi connectivity index (χ4v) is 1.22. The second-order valence-corrected chi connectivity index (χ2v) is 3.42. The lowest BCUT2D eigenvalue weighted by Gasteiger charge is -1.92. The lowest BCUT2D eigenvalue weighted by atomic mass is 10.2. The summed E-state index contributed by atoms with van der Waals surface area (Å²) in [5.41, 5.74) is 1.09. The SMILES string of the molecule is CCC/C=C/C=C/c1ccc([N+](=O)[O-])cc1. The fraction of sp³-hybridized carbons (Fsp3) is 0.231. The number of nitro benzene ring substituents is 1. The molecule has 0 spiro atoms. The highest BCUT2D eigenvalue weighted by molar-refractivity contribution is 5.53. The van der Waals surface area contributed by atoms with Gasteiger partial charge in [0.05, 0.1) is 4.92 Å². The van der Waals surface area contributed by atoms with Crippen LogP contribution in [0.3, 0.4) is 0 Å². The number of nitrogens with zero attached hydrogens (tertiary/aromatic N) is 1. The van der Waals surface area contributed by atoms with Gasteiger partial charge in [0.15, 0.2) is 0 Å². The van der Waals surface area contributed by atoms with Crippen molar-refractivity contribution in [3.05, 3.63) is 58.2 Å². The molecule has 16 heavy (non-hydrogen) atoms. The number of rotatable bonds is 5. The second kappa shape index (κ2) is 6.56. The highest BCUT2D eigenvalue weighted by Crippen LogP contribution is 2.12. The van der Waals surface area contributed by atoms with Crippen LogP contribution in [0, 0.1) is 10.1 Å². The first-order chi connectivity index (χ1) is 7.74. The first-order valence-electron chi connectivity index (χ1n) is 5.31. The van der Waals surface area contributed by atoms with Crippen LogP contribution in [-0.4, -0.2) is 4.92 Å². The molecule has 0 unspecified atom stereocenters. The number of unbranched alkanes of at least 4 members (excludes halogenated alkanes) is 1. The molecule has 0 aliphatic rings. The summed E-state index contributed by atoms with van der Waals surface area (Å²) in [7, 11) is 0. The largest absolute Gasteiger partial charge is 0.269 e. The Balaban J connectivity index is 2.58. The van der Waals surface area contributed by atoms with Gasteiger partial charge in [0.1, 0.15) is 0 Å². The molecule has 1 aromatic carbocycles. The van der Waals surface area contributed by atoms with Crippen LogP contribution in [0.1, 0.15) is 25.3 Å². The zero-order chi connectivity index (χ0) is 11.8. The molecular formula is C13H15NO2. The molecule has 0 saturated carbocycles. The lowest BCUT2D eigenvalue weighted by Crippen LogP contribution is -1.86. The van der Waals surface area contributed by atoms with Gasteiger partial charge in [-0.3, -0.25) is 10.1 Å². The van der Waals surface area contributed by atoms with Gasteiger partial charge in [-0.1, -0.05) is 37.6 Å². The molecule has 0 N–H and O–H groups in total. The third-order valence-electron chi connectivity index (χ3n) is 2.10. The maximum absolute atomic E-state index is 10.4. The maximum Gasteiger partial charge on any atom is 0.269 e. The predicted molar refractivity (Wildman–Crippen MR) is 66.2 cm³/mol. The molecule has 0 aliphatic carbocycles. The lowest BCUT2D eigenvalue weighted by molar-refractivity contribution is -0.384. The van der Waals surface area contributed by atoms with Gasteiger partial charge in [0.2, 0.25) is 0 Å². The molecule has 0 amide bonds. The molecule has 3 nitrogen and oxygen atoms in total. The Morgan fingerprint density at radius 1 is 1.25 bits per heavy atom. The molecule has 0 saturated heterocycles. The van der Waals surface area contributed by atoms with Crippen LogP contribution >= 0.6 is 0 Å². The molecule has 3 heteroatoms. The van der Waals surface area contributed by atoms with E-state index in [4.69, 9.17) is 0 Å². The fourth-order valence-electron chi connectivity index (χ4n) is 1.22. The Morgan fingerprint density at radius 3 is 2.50 bits per heavy atom. The first-order valence-corrected chi connectivity index (χ1v) is 5.31. The van der Waals surface area contributed by atoms with Gasteiger partial charge in [0.25, 0.3) is 5.69 Å². The molecule has 0 radical (unpaired) electrons. The summed E-state index contributed by atoms with van der Waals surface area (Å²) >= 11 is 0. The van der Waals surface area contributed by atoms with E-state index >= 15 is 0 Å². The topological polar surface area (TPSA) is 43.1 Å². The van der Waals surface area contributed by atoms with Gasteiger partial charge < -0.3 is 0 Å². The number of hydrogen-bond acceptors (Lipinski definition) is 2. The Kier molecular flexibility index (Phi) is 4.99. The third kappa shape index (κ3) is 4.09. The van der Waals surface area contributed by atoms with E-state index in [9.17, 15) is 10.1 Å². The van der Waals surface area contributed by atoms with Crippen molar-refractivity contribution in [2.45, 2.75) is 19.8 Å². The van der Waals surface area contributed by atoms with E-state index in [-0.39, 0.29) is 5.69 Å². The standard InChI is InChI=1S/C13H15NO2/c1-2-3-4-5-6-7-12-8-10-13(11-9-12)14(15)16/h4-11H,2-3H2,1H3/b5-4+,7-6+. The number of nitro groups is 1. The normalized spacial score (nSPS) is 11.3. The van der Waals surface area contributed by atoms with E-state index < -0.39 is 4.92 Å². The van der Waals surface area contributed by atoms with Gasteiger partial charge in [-0.05, 0) is 24.1 Å². The summed E-state index contributed by atoms with van der Waals surface area (Å²) in [6.07, 6.45) is 10.2. The van der Waals surface area contributed by atoms with E-state index in [0.717, 1.165) is 18.4 Å². The highest BCUT2D eigenvalue weighted by Gasteiger charge is 2.01. The number of allylic oxidation sites excluding steroid dienone is 3. The van der Waals surface area contributed by atoms with Crippen LogP contribution in [0.5, 0.6) is 0 Å². The van der Waals surface area contributed by atoms with Crippen LogP contribution in [0.15, 0.2) is 42.5 Å². The molecular weight excluding hydrogens is 202 g/mol. The molecule has 0 aliphatic heterocycles. The van der Waals surface area contributed by atoms with Crippen LogP contribution in [0.25, 0.3) is 6.08 Å². The zero-order valence-corrected chi connectivity index (χ0v) is 9.30. The Hall–Kier alpha value is -1.90. The summed E-state index contributed by atoms with van der Waals surface area (Å²) in [6.45, 7) is 2.13. The van der Waals surface area contributed by atoms with Gasteiger partial charge in [-0.25, -0.2) is 0 Å². The molecule has 0 heterocycles. The van der Waals surface area contributed by atoms with Crippen LogP contribution in [0.4, 0.5) is 5.69 Å². The minimum Gasteiger partial charge on any atom is -0.258 e. The van der Waals surface area contributed by atoms with Crippen molar-refractivity contribution in [1.82, 2.24) is 0 Å². The summed E-state index contributed by atoms with van der Waals surface area (Å²) < 4.78 is 0. The maximum atomic E-state index is 10.4. The molecule has 0 atom stereocenters. The van der Waals surface area contributed by atoms with Crippen molar-refractivity contribution < 1.29 is 4.92 Å². The van der Waals surface area contributed by atoms with Crippen molar-refractivity contribution in [2.24, 2.45) is 0 Å². The van der Waals surface area contributed by atoms with Crippen molar-refractivity contribution in [2.75, 3.05) is 0 Å².